The summed E-state index contributed by atoms with van der Waals surface area (Å²) >= 11 is 0. The van der Waals surface area contributed by atoms with Crippen LogP contribution in [0.15, 0.2) is 30.3 Å². The highest BCUT2D eigenvalue weighted by molar-refractivity contribution is 5.77. The van der Waals surface area contributed by atoms with Crippen molar-refractivity contribution in [2.75, 3.05) is 13.2 Å². The highest BCUT2D eigenvalue weighted by atomic mass is 16.5. The highest BCUT2D eigenvalue weighted by Gasteiger charge is 2.33. The Hall–Kier alpha value is -1.35. The fourth-order valence-electron chi connectivity index (χ4n) is 3.21. The Labute approximate surface area is 121 Å². The number of nitrogens with zero attached hydrogens (tertiary/aromatic N) is 1. The number of carbonyl (C=O) groups excluding carboxylic acids is 1. The molecule has 0 bridgehead atoms. The van der Waals surface area contributed by atoms with Gasteiger partial charge >= 0.3 is 5.97 Å². The number of benzene rings is 1. The molecule has 0 aromatic heterocycles. The molecule has 1 aromatic rings. The van der Waals surface area contributed by atoms with Crippen LogP contribution in [0.5, 0.6) is 0 Å². The van der Waals surface area contributed by atoms with Gasteiger partial charge in [0.05, 0.1) is 6.61 Å². The molecular weight excluding hydrogens is 250 g/mol. The van der Waals surface area contributed by atoms with E-state index in [2.05, 4.69) is 11.8 Å². The summed E-state index contributed by atoms with van der Waals surface area (Å²) in [4.78, 5) is 14.8. The smallest absolute Gasteiger partial charge is 0.328 e. The number of hydrogen-bond acceptors (Lipinski definition) is 3. The molecular formula is C17H25NO2. The van der Waals surface area contributed by atoms with Crippen molar-refractivity contribution in [1.82, 2.24) is 4.90 Å². The van der Waals surface area contributed by atoms with Crippen LogP contribution in [0.2, 0.25) is 0 Å². The highest BCUT2D eigenvalue weighted by Crippen LogP contribution is 2.31. The number of ether oxygens (including phenoxy) is 1. The maximum Gasteiger partial charge on any atom is 0.328 e. The molecule has 0 N–H and O–H groups in total. The fourth-order valence-corrected chi connectivity index (χ4v) is 3.21. The van der Waals surface area contributed by atoms with Gasteiger partial charge in [-0.3, -0.25) is 4.90 Å². The van der Waals surface area contributed by atoms with Gasteiger partial charge in [0.2, 0.25) is 0 Å². The summed E-state index contributed by atoms with van der Waals surface area (Å²) in [7, 11) is 0. The summed E-state index contributed by atoms with van der Waals surface area (Å²) in [6, 6.07) is 10.3. The average molecular weight is 275 g/mol. The van der Waals surface area contributed by atoms with E-state index in [0.717, 1.165) is 12.1 Å². The number of rotatable bonds is 6. The van der Waals surface area contributed by atoms with E-state index in [4.69, 9.17) is 4.74 Å². The summed E-state index contributed by atoms with van der Waals surface area (Å²) in [6.45, 7) is 5.31. The van der Waals surface area contributed by atoms with Gasteiger partial charge in [-0.15, -0.1) is 0 Å². The second-order valence-electron chi connectivity index (χ2n) is 5.33. The first-order valence-electron chi connectivity index (χ1n) is 7.75. The van der Waals surface area contributed by atoms with Crippen LogP contribution >= 0.6 is 0 Å². The molecule has 1 atom stereocenters. The maximum atomic E-state index is 12.4. The lowest BCUT2D eigenvalue weighted by Gasteiger charge is -2.34. The van der Waals surface area contributed by atoms with Crippen LogP contribution < -0.4 is 0 Å². The number of esters is 1. The third-order valence-electron chi connectivity index (χ3n) is 4.12. The van der Waals surface area contributed by atoms with Crippen molar-refractivity contribution in [3.63, 3.8) is 0 Å². The molecule has 0 amide bonds. The van der Waals surface area contributed by atoms with Crippen molar-refractivity contribution in [3.8, 4) is 0 Å². The predicted molar refractivity (Wildman–Crippen MR) is 80.5 cm³/mol. The molecule has 3 heteroatoms. The van der Waals surface area contributed by atoms with E-state index in [1.807, 2.05) is 37.3 Å². The van der Waals surface area contributed by atoms with Crippen LogP contribution in [0.4, 0.5) is 0 Å². The summed E-state index contributed by atoms with van der Waals surface area (Å²) in [6.07, 6.45) is 4.92. The van der Waals surface area contributed by atoms with Gasteiger partial charge in [0.15, 0.2) is 0 Å². The largest absolute Gasteiger partial charge is 0.465 e. The molecule has 1 aliphatic carbocycles. The standard InChI is InChI=1S/C17H25NO2/c1-3-18(15-12-8-9-13-15)16(17(19)20-4-2)14-10-6-5-7-11-14/h5-7,10-11,15-16H,3-4,8-9,12-13H2,1-2H3. The Morgan fingerprint density at radius 3 is 2.45 bits per heavy atom. The lowest BCUT2D eigenvalue weighted by molar-refractivity contribution is -0.151. The monoisotopic (exact) mass is 275 g/mol. The number of likely N-dealkylation sites (N-methyl/N-ethyl adjacent to an activating group) is 1. The molecule has 0 aliphatic heterocycles. The average Bonchev–Trinajstić information content (AvgIpc) is 2.99. The normalized spacial score (nSPS) is 17.4. The van der Waals surface area contributed by atoms with E-state index in [9.17, 15) is 4.79 Å². The zero-order valence-corrected chi connectivity index (χ0v) is 12.5. The molecule has 0 spiro atoms. The van der Waals surface area contributed by atoms with Crippen molar-refractivity contribution >= 4 is 5.97 Å². The van der Waals surface area contributed by atoms with E-state index in [-0.39, 0.29) is 12.0 Å². The third kappa shape index (κ3) is 3.40. The summed E-state index contributed by atoms with van der Waals surface area (Å²) in [5.41, 5.74) is 1.04. The zero-order valence-electron chi connectivity index (χ0n) is 12.5. The maximum absolute atomic E-state index is 12.4. The van der Waals surface area contributed by atoms with E-state index in [1.165, 1.54) is 25.7 Å². The van der Waals surface area contributed by atoms with Gasteiger partial charge in [0, 0.05) is 6.04 Å². The molecule has 0 radical (unpaired) electrons. The number of carbonyl (C=O) groups is 1. The molecule has 1 unspecified atom stereocenters. The van der Waals surface area contributed by atoms with Crippen molar-refractivity contribution in [3.05, 3.63) is 35.9 Å². The molecule has 0 saturated heterocycles. The van der Waals surface area contributed by atoms with Gasteiger partial charge in [-0.05, 0) is 31.9 Å². The molecule has 1 saturated carbocycles. The molecule has 1 aromatic carbocycles. The van der Waals surface area contributed by atoms with Gasteiger partial charge in [-0.2, -0.15) is 0 Å². The van der Waals surface area contributed by atoms with Gasteiger partial charge in [0.25, 0.3) is 0 Å². The predicted octanol–water partition coefficient (Wildman–Crippen LogP) is 3.56. The second kappa shape index (κ2) is 7.44. The minimum absolute atomic E-state index is 0.118. The van der Waals surface area contributed by atoms with Gasteiger partial charge in [0.1, 0.15) is 6.04 Å². The Kier molecular flexibility index (Phi) is 5.60. The molecule has 20 heavy (non-hydrogen) atoms. The lowest BCUT2D eigenvalue weighted by atomic mass is 10.0. The van der Waals surface area contributed by atoms with E-state index >= 15 is 0 Å². The first kappa shape index (κ1) is 15.0. The van der Waals surface area contributed by atoms with Crippen LogP contribution in [0.1, 0.15) is 51.1 Å². The van der Waals surface area contributed by atoms with Gasteiger partial charge < -0.3 is 4.74 Å². The van der Waals surface area contributed by atoms with Crippen LogP contribution in [0.3, 0.4) is 0 Å². The lowest BCUT2D eigenvalue weighted by Crippen LogP contribution is -2.41. The minimum Gasteiger partial charge on any atom is -0.465 e. The molecule has 1 aliphatic rings. The quantitative estimate of drug-likeness (QED) is 0.744. The Morgan fingerprint density at radius 1 is 1.25 bits per heavy atom. The SMILES string of the molecule is CCOC(=O)C(c1ccccc1)N(CC)C1CCCC1. The third-order valence-corrected chi connectivity index (χ3v) is 4.12. The van der Waals surface area contributed by atoms with E-state index in [1.54, 1.807) is 0 Å². The minimum atomic E-state index is -0.260. The van der Waals surface area contributed by atoms with Crippen molar-refractivity contribution in [2.45, 2.75) is 51.6 Å². The molecule has 2 rings (SSSR count). The van der Waals surface area contributed by atoms with Crippen molar-refractivity contribution in [1.29, 1.82) is 0 Å². The molecule has 0 heterocycles. The number of hydrogen-bond donors (Lipinski definition) is 0. The molecule has 110 valence electrons. The molecule has 1 fully saturated rings. The van der Waals surface area contributed by atoms with E-state index < -0.39 is 0 Å². The van der Waals surface area contributed by atoms with Crippen LogP contribution in [0, 0.1) is 0 Å². The first-order chi connectivity index (χ1) is 9.77. The van der Waals surface area contributed by atoms with Crippen LogP contribution in [-0.4, -0.2) is 30.1 Å². The Morgan fingerprint density at radius 2 is 1.90 bits per heavy atom. The first-order valence-corrected chi connectivity index (χ1v) is 7.75. The Balaban J connectivity index is 2.26. The second-order valence-corrected chi connectivity index (χ2v) is 5.33. The van der Waals surface area contributed by atoms with Crippen LogP contribution in [0.25, 0.3) is 0 Å². The summed E-state index contributed by atoms with van der Waals surface area (Å²) < 4.78 is 5.32. The zero-order chi connectivity index (χ0) is 14.4. The van der Waals surface area contributed by atoms with Crippen molar-refractivity contribution in [2.24, 2.45) is 0 Å². The van der Waals surface area contributed by atoms with Gasteiger partial charge in [-0.25, -0.2) is 4.79 Å². The summed E-state index contributed by atoms with van der Waals surface area (Å²) in [5, 5.41) is 0. The topological polar surface area (TPSA) is 29.5 Å². The van der Waals surface area contributed by atoms with E-state index in [0.29, 0.717) is 12.6 Å². The van der Waals surface area contributed by atoms with Crippen LogP contribution in [-0.2, 0) is 9.53 Å². The molecule has 3 nitrogen and oxygen atoms in total. The van der Waals surface area contributed by atoms with Gasteiger partial charge in [-0.1, -0.05) is 50.1 Å². The Bertz CT molecular complexity index is 412. The summed E-state index contributed by atoms with van der Waals surface area (Å²) in [5.74, 6) is -0.118. The fraction of sp³-hybridized carbons (Fsp3) is 0.588. The van der Waals surface area contributed by atoms with Crippen molar-refractivity contribution < 1.29 is 9.53 Å².